The standard InChI is InChI=1S/C14H18N4O/c1-2-17-6-4-12(5-7-17)14-16-15-13-9-11(10-19)3-8-18(13)14/h3,8-10,12H,2,4-7H2,1H3. The molecule has 0 aliphatic carbocycles. The van der Waals surface area contributed by atoms with Gasteiger partial charge in [-0.3, -0.25) is 9.20 Å². The van der Waals surface area contributed by atoms with Crippen LogP contribution in [0.25, 0.3) is 5.65 Å². The Morgan fingerprint density at radius 3 is 2.84 bits per heavy atom. The minimum absolute atomic E-state index is 0.472. The summed E-state index contributed by atoms with van der Waals surface area (Å²) in [7, 11) is 0. The molecule has 0 atom stereocenters. The summed E-state index contributed by atoms with van der Waals surface area (Å²) in [5, 5.41) is 8.51. The van der Waals surface area contributed by atoms with Crippen LogP contribution in [0.3, 0.4) is 0 Å². The Balaban J connectivity index is 1.87. The first-order valence-corrected chi connectivity index (χ1v) is 6.84. The number of piperidine rings is 1. The monoisotopic (exact) mass is 258 g/mol. The van der Waals surface area contributed by atoms with Gasteiger partial charge in [0.05, 0.1) is 0 Å². The molecule has 5 heteroatoms. The van der Waals surface area contributed by atoms with Crippen LogP contribution in [0.2, 0.25) is 0 Å². The summed E-state index contributed by atoms with van der Waals surface area (Å²) in [6.45, 7) is 5.58. The van der Waals surface area contributed by atoms with Crippen LogP contribution in [0.4, 0.5) is 0 Å². The third-order valence-electron chi connectivity index (χ3n) is 4.00. The highest BCUT2D eigenvalue weighted by Gasteiger charge is 2.23. The fourth-order valence-electron chi connectivity index (χ4n) is 2.78. The molecule has 1 fully saturated rings. The third kappa shape index (κ3) is 2.26. The van der Waals surface area contributed by atoms with Crippen molar-refractivity contribution in [1.82, 2.24) is 19.5 Å². The molecule has 19 heavy (non-hydrogen) atoms. The van der Waals surface area contributed by atoms with Gasteiger partial charge in [0.25, 0.3) is 0 Å². The lowest BCUT2D eigenvalue weighted by Gasteiger charge is -2.30. The van der Waals surface area contributed by atoms with Gasteiger partial charge in [-0.1, -0.05) is 6.92 Å². The molecule has 0 saturated carbocycles. The largest absolute Gasteiger partial charge is 0.304 e. The topological polar surface area (TPSA) is 50.5 Å². The Morgan fingerprint density at radius 1 is 1.37 bits per heavy atom. The van der Waals surface area contributed by atoms with Gasteiger partial charge in [0.2, 0.25) is 0 Å². The van der Waals surface area contributed by atoms with E-state index in [1.807, 2.05) is 16.7 Å². The van der Waals surface area contributed by atoms with Gasteiger partial charge in [0.15, 0.2) is 5.65 Å². The van der Waals surface area contributed by atoms with Crippen molar-refractivity contribution in [3.8, 4) is 0 Å². The van der Waals surface area contributed by atoms with Crippen LogP contribution < -0.4 is 0 Å². The van der Waals surface area contributed by atoms with Gasteiger partial charge in [0, 0.05) is 17.7 Å². The summed E-state index contributed by atoms with van der Waals surface area (Å²) >= 11 is 0. The lowest BCUT2D eigenvalue weighted by molar-refractivity contribution is 0.112. The van der Waals surface area contributed by atoms with Crippen LogP contribution in [-0.4, -0.2) is 45.4 Å². The van der Waals surface area contributed by atoms with E-state index in [4.69, 9.17) is 0 Å². The zero-order valence-electron chi connectivity index (χ0n) is 11.1. The van der Waals surface area contributed by atoms with E-state index in [0.717, 1.165) is 50.2 Å². The molecule has 0 bridgehead atoms. The zero-order valence-corrected chi connectivity index (χ0v) is 11.1. The first-order chi connectivity index (χ1) is 9.31. The zero-order chi connectivity index (χ0) is 13.2. The number of fused-ring (bicyclic) bond motifs is 1. The van der Waals surface area contributed by atoms with E-state index in [1.165, 1.54) is 0 Å². The van der Waals surface area contributed by atoms with Gasteiger partial charge in [0.1, 0.15) is 12.1 Å². The maximum atomic E-state index is 10.8. The van der Waals surface area contributed by atoms with E-state index in [-0.39, 0.29) is 0 Å². The van der Waals surface area contributed by atoms with Crippen LogP contribution in [0.15, 0.2) is 18.3 Å². The number of aromatic nitrogens is 3. The van der Waals surface area contributed by atoms with Gasteiger partial charge in [-0.2, -0.15) is 0 Å². The minimum atomic E-state index is 0.472. The molecule has 0 radical (unpaired) electrons. The van der Waals surface area contributed by atoms with Gasteiger partial charge in [-0.15, -0.1) is 10.2 Å². The second-order valence-electron chi connectivity index (χ2n) is 5.07. The molecule has 1 saturated heterocycles. The number of nitrogens with zero attached hydrogens (tertiary/aromatic N) is 4. The number of rotatable bonds is 3. The van der Waals surface area contributed by atoms with E-state index in [0.29, 0.717) is 11.5 Å². The molecule has 3 heterocycles. The van der Waals surface area contributed by atoms with Crippen LogP contribution in [0.1, 0.15) is 41.9 Å². The van der Waals surface area contributed by atoms with Crippen molar-refractivity contribution in [2.24, 2.45) is 0 Å². The Morgan fingerprint density at radius 2 is 2.16 bits per heavy atom. The summed E-state index contributed by atoms with van der Waals surface area (Å²) in [4.78, 5) is 13.2. The highest BCUT2D eigenvalue weighted by molar-refractivity contribution is 5.76. The van der Waals surface area contributed by atoms with Crippen molar-refractivity contribution >= 4 is 11.9 Å². The average Bonchev–Trinajstić information content (AvgIpc) is 2.90. The maximum absolute atomic E-state index is 10.8. The second kappa shape index (κ2) is 5.09. The lowest BCUT2D eigenvalue weighted by Crippen LogP contribution is -2.33. The van der Waals surface area contributed by atoms with Crippen molar-refractivity contribution < 1.29 is 4.79 Å². The molecule has 0 amide bonds. The van der Waals surface area contributed by atoms with Gasteiger partial charge >= 0.3 is 0 Å². The number of hydrogen-bond acceptors (Lipinski definition) is 4. The van der Waals surface area contributed by atoms with Crippen molar-refractivity contribution in [1.29, 1.82) is 0 Å². The predicted octanol–water partition coefficient (Wildman–Crippen LogP) is 1.74. The van der Waals surface area contributed by atoms with Gasteiger partial charge in [-0.25, -0.2) is 0 Å². The number of pyridine rings is 1. The van der Waals surface area contributed by atoms with Crippen LogP contribution >= 0.6 is 0 Å². The van der Waals surface area contributed by atoms with Gasteiger partial charge in [-0.05, 0) is 44.6 Å². The molecule has 1 aliphatic heterocycles. The molecule has 0 aromatic carbocycles. The number of hydrogen-bond donors (Lipinski definition) is 0. The number of aldehydes is 1. The molecule has 0 spiro atoms. The van der Waals surface area contributed by atoms with E-state index < -0.39 is 0 Å². The van der Waals surface area contributed by atoms with Crippen molar-refractivity contribution in [3.05, 3.63) is 29.7 Å². The predicted molar refractivity (Wildman–Crippen MR) is 72.5 cm³/mol. The van der Waals surface area contributed by atoms with Crippen LogP contribution in [0, 0.1) is 0 Å². The Labute approximate surface area is 112 Å². The van der Waals surface area contributed by atoms with E-state index in [2.05, 4.69) is 22.0 Å². The normalized spacial score (nSPS) is 17.9. The Kier molecular flexibility index (Phi) is 3.29. The fourth-order valence-corrected chi connectivity index (χ4v) is 2.78. The molecule has 0 N–H and O–H groups in total. The quantitative estimate of drug-likeness (QED) is 0.787. The molecular formula is C14H18N4O. The smallest absolute Gasteiger partial charge is 0.161 e. The fraction of sp³-hybridized carbons (Fsp3) is 0.500. The summed E-state index contributed by atoms with van der Waals surface area (Å²) in [6.07, 6.45) is 5.00. The first kappa shape index (κ1) is 12.3. The minimum Gasteiger partial charge on any atom is -0.304 e. The maximum Gasteiger partial charge on any atom is 0.161 e. The summed E-state index contributed by atoms with van der Waals surface area (Å²) in [6, 6.07) is 3.60. The Bertz CT molecular complexity index is 584. The highest BCUT2D eigenvalue weighted by Crippen LogP contribution is 2.26. The lowest BCUT2D eigenvalue weighted by atomic mass is 9.96. The number of carbonyl (C=O) groups excluding carboxylic acids is 1. The third-order valence-corrected chi connectivity index (χ3v) is 4.00. The van der Waals surface area contributed by atoms with E-state index >= 15 is 0 Å². The second-order valence-corrected chi connectivity index (χ2v) is 5.07. The average molecular weight is 258 g/mol. The molecule has 100 valence electrons. The molecule has 1 aliphatic rings. The Hall–Kier alpha value is -1.75. The van der Waals surface area contributed by atoms with E-state index in [9.17, 15) is 4.79 Å². The first-order valence-electron chi connectivity index (χ1n) is 6.84. The summed E-state index contributed by atoms with van der Waals surface area (Å²) in [5.41, 5.74) is 1.41. The summed E-state index contributed by atoms with van der Waals surface area (Å²) < 4.78 is 2.01. The molecule has 5 nitrogen and oxygen atoms in total. The summed E-state index contributed by atoms with van der Waals surface area (Å²) in [5.74, 6) is 1.50. The molecular weight excluding hydrogens is 240 g/mol. The van der Waals surface area contributed by atoms with Crippen molar-refractivity contribution in [2.45, 2.75) is 25.7 Å². The molecule has 2 aromatic rings. The van der Waals surface area contributed by atoms with Crippen LogP contribution in [-0.2, 0) is 0 Å². The number of carbonyl (C=O) groups is 1. The van der Waals surface area contributed by atoms with Crippen molar-refractivity contribution in [2.75, 3.05) is 19.6 Å². The van der Waals surface area contributed by atoms with Gasteiger partial charge < -0.3 is 4.90 Å². The van der Waals surface area contributed by atoms with Crippen molar-refractivity contribution in [3.63, 3.8) is 0 Å². The van der Waals surface area contributed by atoms with Crippen LogP contribution in [0.5, 0.6) is 0 Å². The number of likely N-dealkylation sites (tertiary alicyclic amines) is 1. The molecule has 0 unspecified atom stereocenters. The van der Waals surface area contributed by atoms with E-state index in [1.54, 1.807) is 6.07 Å². The highest BCUT2D eigenvalue weighted by atomic mass is 16.1. The SMILES string of the molecule is CCN1CCC(c2nnc3cc(C=O)ccn23)CC1. The molecule has 2 aromatic heterocycles. The molecule has 3 rings (SSSR count).